The van der Waals surface area contributed by atoms with E-state index in [4.69, 9.17) is 0 Å². The van der Waals surface area contributed by atoms with Gasteiger partial charge < -0.3 is 4.90 Å². The minimum atomic E-state index is -0.541. The molecule has 1 amide bonds. The van der Waals surface area contributed by atoms with E-state index < -0.39 is 11.2 Å². The van der Waals surface area contributed by atoms with Crippen molar-refractivity contribution in [2.24, 2.45) is 7.05 Å². The van der Waals surface area contributed by atoms with Crippen molar-refractivity contribution in [3.8, 4) is 0 Å². The summed E-state index contributed by atoms with van der Waals surface area (Å²) in [5.41, 5.74) is -0.541. The molecule has 3 rings (SSSR count). The SMILES string of the molecule is Cn1c(=O)[nH]c(=O)c2ccc(C(=O)N3CCCC3)nc21. The van der Waals surface area contributed by atoms with Gasteiger partial charge in [0.1, 0.15) is 11.3 Å². The van der Waals surface area contributed by atoms with Crippen molar-refractivity contribution < 1.29 is 4.79 Å². The Bertz CT molecular complexity index is 799. The van der Waals surface area contributed by atoms with Gasteiger partial charge in [-0.25, -0.2) is 9.78 Å². The number of amides is 1. The first-order valence-electron chi connectivity index (χ1n) is 6.47. The number of hydrogen-bond acceptors (Lipinski definition) is 4. The van der Waals surface area contributed by atoms with Crippen molar-refractivity contribution in [3.63, 3.8) is 0 Å². The standard InChI is InChI=1S/C13H14N4O3/c1-16-10-8(11(18)15-13(16)20)4-5-9(14-10)12(19)17-6-2-3-7-17/h4-5H,2-3,6-7H2,1H3,(H,15,18,20). The molecule has 0 saturated carbocycles. The number of hydrogen-bond donors (Lipinski definition) is 1. The summed E-state index contributed by atoms with van der Waals surface area (Å²) in [5.74, 6) is -0.155. The summed E-state index contributed by atoms with van der Waals surface area (Å²) in [7, 11) is 1.51. The molecule has 0 atom stereocenters. The van der Waals surface area contributed by atoms with Crippen LogP contribution in [0.5, 0.6) is 0 Å². The van der Waals surface area contributed by atoms with Crippen LogP contribution in [0, 0.1) is 0 Å². The predicted octanol–water partition coefficient (Wildman–Crippen LogP) is -0.142. The smallest absolute Gasteiger partial charge is 0.329 e. The molecule has 0 bridgehead atoms. The fourth-order valence-electron chi connectivity index (χ4n) is 2.43. The Kier molecular flexibility index (Phi) is 2.89. The van der Waals surface area contributed by atoms with Gasteiger partial charge in [-0.1, -0.05) is 0 Å². The molecule has 2 aromatic rings. The summed E-state index contributed by atoms with van der Waals surface area (Å²) < 4.78 is 1.23. The number of carbonyl (C=O) groups excluding carboxylic acids is 1. The quantitative estimate of drug-likeness (QED) is 0.783. The largest absolute Gasteiger partial charge is 0.337 e. The number of pyridine rings is 1. The van der Waals surface area contributed by atoms with Gasteiger partial charge in [0, 0.05) is 20.1 Å². The van der Waals surface area contributed by atoms with Crippen LogP contribution in [0.3, 0.4) is 0 Å². The van der Waals surface area contributed by atoms with Crippen LogP contribution in [0.15, 0.2) is 21.7 Å². The zero-order valence-corrected chi connectivity index (χ0v) is 11.0. The Hall–Kier alpha value is -2.44. The van der Waals surface area contributed by atoms with Gasteiger partial charge in [-0.05, 0) is 25.0 Å². The lowest BCUT2D eigenvalue weighted by Crippen LogP contribution is -2.31. The van der Waals surface area contributed by atoms with Crippen molar-refractivity contribution in [2.75, 3.05) is 13.1 Å². The first kappa shape index (κ1) is 12.6. The van der Waals surface area contributed by atoms with Gasteiger partial charge in [0.2, 0.25) is 0 Å². The lowest BCUT2D eigenvalue weighted by Gasteiger charge is -2.14. The van der Waals surface area contributed by atoms with E-state index in [9.17, 15) is 14.4 Å². The van der Waals surface area contributed by atoms with Crippen LogP contribution in [0.2, 0.25) is 0 Å². The molecule has 0 aromatic carbocycles. The Morgan fingerprint density at radius 1 is 1.25 bits per heavy atom. The Morgan fingerprint density at radius 2 is 1.95 bits per heavy atom. The van der Waals surface area contributed by atoms with Crippen molar-refractivity contribution in [1.82, 2.24) is 19.4 Å². The van der Waals surface area contributed by atoms with E-state index in [-0.39, 0.29) is 17.2 Å². The van der Waals surface area contributed by atoms with Crippen LogP contribution in [0.25, 0.3) is 11.0 Å². The number of aromatic amines is 1. The molecule has 3 heterocycles. The highest BCUT2D eigenvalue weighted by Crippen LogP contribution is 2.13. The molecule has 2 aromatic heterocycles. The summed E-state index contributed by atoms with van der Waals surface area (Å²) in [5, 5.41) is 0.296. The van der Waals surface area contributed by atoms with Gasteiger partial charge in [-0.15, -0.1) is 0 Å². The van der Waals surface area contributed by atoms with E-state index in [0.29, 0.717) is 5.39 Å². The number of nitrogens with zero attached hydrogens (tertiary/aromatic N) is 3. The van der Waals surface area contributed by atoms with Gasteiger partial charge in [0.15, 0.2) is 0 Å². The third-order valence-corrected chi connectivity index (χ3v) is 3.57. The highest BCUT2D eigenvalue weighted by Gasteiger charge is 2.21. The van der Waals surface area contributed by atoms with E-state index in [1.54, 1.807) is 4.90 Å². The first-order valence-corrected chi connectivity index (χ1v) is 6.47. The van der Waals surface area contributed by atoms with Crippen LogP contribution in [0.1, 0.15) is 23.3 Å². The van der Waals surface area contributed by atoms with Gasteiger partial charge in [-0.2, -0.15) is 0 Å². The van der Waals surface area contributed by atoms with Gasteiger partial charge >= 0.3 is 5.69 Å². The number of fused-ring (bicyclic) bond motifs is 1. The number of likely N-dealkylation sites (tertiary alicyclic amines) is 1. The zero-order chi connectivity index (χ0) is 14.3. The van der Waals surface area contributed by atoms with Crippen LogP contribution >= 0.6 is 0 Å². The average Bonchev–Trinajstić information content (AvgIpc) is 2.97. The maximum Gasteiger partial charge on any atom is 0.329 e. The van der Waals surface area contributed by atoms with Crippen molar-refractivity contribution in [1.29, 1.82) is 0 Å². The van der Waals surface area contributed by atoms with E-state index >= 15 is 0 Å². The van der Waals surface area contributed by atoms with E-state index in [1.165, 1.54) is 23.7 Å². The van der Waals surface area contributed by atoms with Gasteiger partial charge in [0.05, 0.1) is 5.39 Å². The first-order chi connectivity index (χ1) is 9.58. The summed E-state index contributed by atoms with van der Waals surface area (Å²) in [6.45, 7) is 1.46. The Morgan fingerprint density at radius 3 is 2.65 bits per heavy atom. The van der Waals surface area contributed by atoms with Crippen LogP contribution in [-0.4, -0.2) is 38.4 Å². The average molecular weight is 274 g/mol. The second-order valence-electron chi connectivity index (χ2n) is 4.89. The lowest BCUT2D eigenvalue weighted by atomic mass is 10.2. The fraction of sp³-hybridized carbons (Fsp3) is 0.385. The maximum absolute atomic E-state index is 12.3. The second-order valence-corrected chi connectivity index (χ2v) is 4.89. The third kappa shape index (κ3) is 1.91. The summed E-state index contributed by atoms with van der Waals surface area (Å²) in [4.78, 5) is 43.6. The van der Waals surface area contributed by atoms with Crippen molar-refractivity contribution in [2.45, 2.75) is 12.8 Å². The Labute approximate surface area is 113 Å². The molecule has 1 aliphatic rings. The number of carbonyl (C=O) groups is 1. The number of rotatable bonds is 1. The molecule has 7 heteroatoms. The fourth-order valence-corrected chi connectivity index (χ4v) is 2.43. The van der Waals surface area contributed by atoms with Crippen molar-refractivity contribution in [3.05, 3.63) is 38.7 Å². The molecule has 7 nitrogen and oxygen atoms in total. The molecular formula is C13H14N4O3. The molecule has 0 radical (unpaired) electrons. The monoisotopic (exact) mass is 274 g/mol. The maximum atomic E-state index is 12.3. The third-order valence-electron chi connectivity index (χ3n) is 3.57. The molecule has 104 valence electrons. The normalized spacial score (nSPS) is 14.9. The molecule has 1 fully saturated rings. The molecule has 1 aliphatic heterocycles. The summed E-state index contributed by atoms with van der Waals surface area (Å²) >= 11 is 0. The van der Waals surface area contributed by atoms with E-state index in [0.717, 1.165) is 25.9 Å². The number of aromatic nitrogens is 3. The highest BCUT2D eigenvalue weighted by molar-refractivity contribution is 5.94. The predicted molar refractivity (Wildman–Crippen MR) is 72.7 cm³/mol. The van der Waals surface area contributed by atoms with Crippen molar-refractivity contribution >= 4 is 16.9 Å². The van der Waals surface area contributed by atoms with Crippen LogP contribution < -0.4 is 11.2 Å². The molecular weight excluding hydrogens is 260 g/mol. The zero-order valence-electron chi connectivity index (χ0n) is 11.0. The molecule has 0 unspecified atom stereocenters. The number of aryl methyl sites for hydroxylation is 1. The number of nitrogens with one attached hydrogen (secondary N) is 1. The van der Waals surface area contributed by atoms with E-state index in [2.05, 4.69) is 9.97 Å². The topological polar surface area (TPSA) is 88.1 Å². The molecule has 0 spiro atoms. The minimum absolute atomic E-state index is 0.155. The second kappa shape index (κ2) is 4.59. The molecule has 0 aliphatic carbocycles. The lowest BCUT2D eigenvalue weighted by molar-refractivity contribution is 0.0787. The minimum Gasteiger partial charge on any atom is -0.337 e. The van der Waals surface area contributed by atoms with Gasteiger partial charge in [0.25, 0.3) is 11.5 Å². The number of H-pyrrole nitrogens is 1. The summed E-state index contributed by atoms with van der Waals surface area (Å²) in [6, 6.07) is 3.06. The van der Waals surface area contributed by atoms with Crippen LogP contribution in [-0.2, 0) is 7.05 Å². The Balaban J connectivity index is 2.15. The molecule has 20 heavy (non-hydrogen) atoms. The summed E-state index contributed by atoms with van der Waals surface area (Å²) in [6.07, 6.45) is 1.99. The molecule has 1 saturated heterocycles. The van der Waals surface area contributed by atoms with E-state index in [1.807, 2.05) is 0 Å². The van der Waals surface area contributed by atoms with Gasteiger partial charge in [-0.3, -0.25) is 19.1 Å². The molecule has 1 N–H and O–H groups in total. The highest BCUT2D eigenvalue weighted by atomic mass is 16.2. The van der Waals surface area contributed by atoms with Crippen LogP contribution in [0.4, 0.5) is 0 Å².